The molecule has 0 spiro atoms. The zero-order chi connectivity index (χ0) is 11.7. The predicted octanol–water partition coefficient (Wildman–Crippen LogP) is 0.145. The Morgan fingerprint density at radius 2 is 2.25 bits per heavy atom. The van der Waals surface area contributed by atoms with Crippen molar-refractivity contribution in [2.24, 2.45) is 5.84 Å². The molecule has 16 heavy (non-hydrogen) atoms. The minimum absolute atomic E-state index is 0.109. The van der Waals surface area contributed by atoms with Crippen LogP contribution in [0.5, 0.6) is 0 Å². The van der Waals surface area contributed by atoms with Gasteiger partial charge in [0, 0.05) is 0 Å². The summed E-state index contributed by atoms with van der Waals surface area (Å²) in [5, 5.41) is 0. The van der Waals surface area contributed by atoms with Crippen LogP contribution in [0.3, 0.4) is 0 Å². The standard InChI is InChI=1S/C10H14N4O2/c1-14(2)9(13-11)6-3-4-8-7(5-6)12-10(15)16-8/h3-5,9,13H,11H2,1-2H3,(H,12,15). The molecule has 6 heteroatoms. The lowest BCUT2D eigenvalue weighted by Crippen LogP contribution is -2.37. The summed E-state index contributed by atoms with van der Waals surface area (Å²) in [6.07, 6.45) is -0.109. The van der Waals surface area contributed by atoms with Gasteiger partial charge in [-0.1, -0.05) is 6.07 Å². The number of hydrogen-bond donors (Lipinski definition) is 3. The van der Waals surface area contributed by atoms with Crippen LogP contribution in [0.1, 0.15) is 11.7 Å². The highest BCUT2D eigenvalue weighted by Crippen LogP contribution is 2.19. The first-order chi connectivity index (χ1) is 7.61. The molecule has 0 fully saturated rings. The molecule has 1 atom stereocenters. The lowest BCUT2D eigenvalue weighted by Gasteiger charge is -2.23. The molecule has 1 unspecified atom stereocenters. The Kier molecular flexibility index (Phi) is 2.78. The SMILES string of the molecule is CN(C)C(NN)c1ccc2oc(=O)[nH]c2c1. The molecule has 1 aromatic heterocycles. The fourth-order valence-corrected chi connectivity index (χ4v) is 1.68. The number of H-pyrrole nitrogens is 1. The number of oxazole rings is 1. The van der Waals surface area contributed by atoms with E-state index in [9.17, 15) is 4.79 Å². The highest BCUT2D eigenvalue weighted by atomic mass is 16.4. The summed E-state index contributed by atoms with van der Waals surface area (Å²) >= 11 is 0. The van der Waals surface area contributed by atoms with E-state index < -0.39 is 5.76 Å². The van der Waals surface area contributed by atoms with Gasteiger partial charge < -0.3 is 4.42 Å². The highest BCUT2D eigenvalue weighted by Gasteiger charge is 2.13. The molecule has 2 aromatic rings. The van der Waals surface area contributed by atoms with E-state index in [-0.39, 0.29) is 6.17 Å². The largest absolute Gasteiger partial charge is 0.417 e. The first kappa shape index (κ1) is 10.9. The number of rotatable bonds is 3. The summed E-state index contributed by atoms with van der Waals surface area (Å²) in [5.74, 6) is 5.02. The molecule has 0 aliphatic rings. The van der Waals surface area contributed by atoms with Gasteiger partial charge in [0.1, 0.15) is 0 Å². The van der Waals surface area contributed by atoms with Gasteiger partial charge in [-0.2, -0.15) is 0 Å². The van der Waals surface area contributed by atoms with E-state index in [0.29, 0.717) is 11.1 Å². The van der Waals surface area contributed by atoms with Crippen LogP contribution >= 0.6 is 0 Å². The van der Waals surface area contributed by atoms with Gasteiger partial charge in [-0.15, -0.1) is 0 Å². The Hall–Kier alpha value is -1.63. The molecule has 86 valence electrons. The maximum Gasteiger partial charge on any atom is 0.417 e. The lowest BCUT2D eigenvalue weighted by atomic mass is 10.1. The summed E-state index contributed by atoms with van der Waals surface area (Å²) < 4.78 is 4.92. The van der Waals surface area contributed by atoms with Gasteiger partial charge in [-0.05, 0) is 31.8 Å². The maximum absolute atomic E-state index is 11.0. The fourth-order valence-electron chi connectivity index (χ4n) is 1.68. The van der Waals surface area contributed by atoms with Crippen molar-refractivity contribution in [3.8, 4) is 0 Å². The van der Waals surface area contributed by atoms with Gasteiger partial charge in [0.25, 0.3) is 0 Å². The molecule has 4 N–H and O–H groups in total. The van der Waals surface area contributed by atoms with Crippen LogP contribution in [-0.4, -0.2) is 24.0 Å². The third kappa shape index (κ3) is 1.85. The summed E-state index contributed by atoms with van der Waals surface area (Å²) in [4.78, 5) is 15.5. The van der Waals surface area contributed by atoms with Gasteiger partial charge in [0.2, 0.25) is 0 Å². The number of aromatic nitrogens is 1. The Morgan fingerprint density at radius 3 is 2.88 bits per heavy atom. The first-order valence-electron chi connectivity index (χ1n) is 4.87. The number of nitrogens with two attached hydrogens (primary N) is 1. The van der Waals surface area contributed by atoms with Crippen molar-refractivity contribution in [2.45, 2.75) is 6.17 Å². The third-order valence-corrected chi connectivity index (χ3v) is 2.43. The minimum atomic E-state index is -0.450. The fraction of sp³-hybridized carbons (Fsp3) is 0.300. The van der Waals surface area contributed by atoms with Crippen molar-refractivity contribution >= 4 is 11.1 Å². The Morgan fingerprint density at radius 1 is 1.50 bits per heavy atom. The molecule has 0 saturated carbocycles. The summed E-state index contributed by atoms with van der Waals surface area (Å²) in [6, 6.07) is 5.45. The summed E-state index contributed by atoms with van der Waals surface area (Å²) in [5.41, 5.74) is 4.86. The van der Waals surface area contributed by atoms with Crippen LogP contribution in [0.25, 0.3) is 11.1 Å². The van der Waals surface area contributed by atoms with Crippen LogP contribution in [0.15, 0.2) is 27.4 Å². The minimum Gasteiger partial charge on any atom is -0.408 e. The molecule has 6 nitrogen and oxygen atoms in total. The van der Waals surface area contributed by atoms with Crippen molar-refractivity contribution in [2.75, 3.05) is 14.1 Å². The van der Waals surface area contributed by atoms with Crippen molar-refractivity contribution in [3.63, 3.8) is 0 Å². The van der Waals surface area contributed by atoms with E-state index in [1.165, 1.54) is 0 Å². The zero-order valence-electron chi connectivity index (χ0n) is 9.15. The Bertz CT molecular complexity index is 543. The molecule has 0 aliphatic carbocycles. The number of nitrogens with zero attached hydrogens (tertiary/aromatic N) is 1. The molecule has 1 heterocycles. The number of hydrogen-bond acceptors (Lipinski definition) is 5. The molecule has 2 rings (SSSR count). The van der Waals surface area contributed by atoms with Crippen LogP contribution < -0.4 is 17.0 Å². The predicted molar refractivity (Wildman–Crippen MR) is 60.6 cm³/mol. The number of hydrazine groups is 1. The molecular weight excluding hydrogens is 208 g/mol. The average Bonchev–Trinajstić information content (AvgIpc) is 2.57. The molecule has 0 saturated heterocycles. The number of fused-ring (bicyclic) bond motifs is 1. The molecule has 1 aromatic carbocycles. The van der Waals surface area contributed by atoms with E-state index in [2.05, 4.69) is 10.4 Å². The van der Waals surface area contributed by atoms with E-state index in [4.69, 9.17) is 10.3 Å². The quantitative estimate of drug-likeness (QED) is 0.391. The molecule has 0 bridgehead atoms. The molecule has 0 aliphatic heterocycles. The van der Waals surface area contributed by atoms with Gasteiger partial charge in [0.05, 0.1) is 11.7 Å². The van der Waals surface area contributed by atoms with Crippen molar-refractivity contribution in [1.82, 2.24) is 15.3 Å². The van der Waals surface area contributed by atoms with Crippen molar-refractivity contribution < 1.29 is 4.42 Å². The van der Waals surface area contributed by atoms with Crippen LogP contribution in [0.2, 0.25) is 0 Å². The van der Waals surface area contributed by atoms with Crippen molar-refractivity contribution in [1.29, 1.82) is 0 Å². The summed E-state index contributed by atoms with van der Waals surface area (Å²) in [6.45, 7) is 0. The Balaban J connectivity index is 2.48. The average molecular weight is 222 g/mol. The van der Waals surface area contributed by atoms with Gasteiger partial charge in [0.15, 0.2) is 5.58 Å². The van der Waals surface area contributed by atoms with Crippen LogP contribution in [-0.2, 0) is 0 Å². The smallest absolute Gasteiger partial charge is 0.408 e. The van der Waals surface area contributed by atoms with Crippen molar-refractivity contribution in [3.05, 3.63) is 34.3 Å². The lowest BCUT2D eigenvalue weighted by molar-refractivity contribution is 0.253. The second-order valence-electron chi connectivity index (χ2n) is 3.80. The monoisotopic (exact) mass is 222 g/mol. The molecular formula is C10H14N4O2. The van der Waals surface area contributed by atoms with Crippen LogP contribution in [0.4, 0.5) is 0 Å². The second kappa shape index (κ2) is 4.09. The van der Waals surface area contributed by atoms with E-state index in [1.807, 2.05) is 31.1 Å². The van der Waals surface area contributed by atoms with E-state index in [0.717, 1.165) is 5.56 Å². The van der Waals surface area contributed by atoms with E-state index in [1.54, 1.807) is 6.07 Å². The highest BCUT2D eigenvalue weighted by molar-refractivity contribution is 5.72. The number of aromatic amines is 1. The maximum atomic E-state index is 11.0. The summed E-state index contributed by atoms with van der Waals surface area (Å²) in [7, 11) is 3.82. The number of nitrogens with one attached hydrogen (secondary N) is 2. The number of benzene rings is 1. The topological polar surface area (TPSA) is 87.3 Å². The third-order valence-electron chi connectivity index (χ3n) is 2.43. The van der Waals surface area contributed by atoms with E-state index >= 15 is 0 Å². The van der Waals surface area contributed by atoms with Gasteiger partial charge in [-0.3, -0.25) is 15.7 Å². The first-order valence-corrected chi connectivity index (χ1v) is 4.87. The van der Waals surface area contributed by atoms with Gasteiger partial charge in [-0.25, -0.2) is 10.2 Å². The Labute approximate surface area is 92.0 Å². The normalized spacial score (nSPS) is 13.5. The molecule has 0 amide bonds. The second-order valence-corrected chi connectivity index (χ2v) is 3.80. The molecule has 0 radical (unpaired) electrons. The zero-order valence-corrected chi connectivity index (χ0v) is 9.15. The van der Waals surface area contributed by atoms with Crippen LogP contribution in [0, 0.1) is 0 Å². The van der Waals surface area contributed by atoms with Gasteiger partial charge >= 0.3 is 5.76 Å².